The van der Waals surface area contributed by atoms with E-state index in [1.165, 1.54) is 0 Å². The molecule has 0 radical (unpaired) electrons. The van der Waals surface area contributed by atoms with E-state index in [2.05, 4.69) is 54.6 Å². The van der Waals surface area contributed by atoms with Crippen molar-refractivity contribution in [2.75, 3.05) is 0 Å². The molecule has 0 bridgehead atoms. The lowest BCUT2D eigenvalue weighted by Gasteiger charge is -2.11. The van der Waals surface area contributed by atoms with Gasteiger partial charge in [0.15, 0.2) is 17.5 Å². The lowest BCUT2D eigenvalue weighted by molar-refractivity contribution is 0.669. The summed E-state index contributed by atoms with van der Waals surface area (Å²) >= 11 is 6.87. The number of halogens is 1. The fraction of sp³-hybridized carbons (Fsp3) is 0. The number of benzene rings is 6. The summed E-state index contributed by atoms with van der Waals surface area (Å²) in [5, 5.41) is 7.00. The van der Waals surface area contributed by atoms with Crippen molar-refractivity contribution in [1.82, 2.24) is 15.0 Å². The number of hydrogen-bond donors (Lipinski definition) is 0. The minimum absolute atomic E-state index is 0.512. The average molecular weight is 534 g/mol. The zero-order valence-electron chi connectivity index (χ0n) is 21.2. The molecule has 8 aromatic rings. The van der Waals surface area contributed by atoms with Gasteiger partial charge in [-0.25, -0.2) is 15.0 Å². The molecule has 0 amide bonds. The predicted molar refractivity (Wildman–Crippen MR) is 163 cm³/mol. The summed E-state index contributed by atoms with van der Waals surface area (Å²) in [4.78, 5) is 15.0. The van der Waals surface area contributed by atoms with Gasteiger partial charge in [-0.1, -0.05) is 109 Å². The van der Waals surface area contributed by atoms with Crippen molar-refractivity contribution in [3.8, 4) is 34.2 Å². The van der Waals surface area contributed by atoms with E-state index in [-0.39, 0.29) is 0 Å². The molecule has 0 spiro atoms. The molecule has 0 aliphatic heterocycles. The van der Waals surface area contributed by atoms with E-state index in [1.54, 1.807) is 0 Å². The summed E-state index contributed by atoms with van der Waals surface area (Å²) in [7, 11) is 0. The van der Waals surface area contributed by atoms with Gasteiger partial charge in [-0.15, -0.1) is 0 Å². The first-order chi connectivity index (χ1) is 19.7. The first-order valence-electron chi connectivity index (χ1n) is 13.1. The van der Waals surface area contributed by atoms with Crippen LogP contribution in [0.25, 0.3) is 77.6 Å². The molecule has 4 nitrogen and oxygen atoms in total. The maximum absolute atomic E-state index is 6.87. The molecule has 0 unspecified atom stereocenters. The van der Waals surface area contributed by atoms with Crippen LogP contribution in [-0.2, 0) is 0 Å². The molecule has 40 heavy (non-hydrogen) atoms. The Morgan fingerprint density at radius 3 is 2.00 bits per heavy atom. The van der Waals surface area contributed by atoms with Gasteiger partial charge in [-0.3, -0.25) is 0 Å². The normalized spacial score (nSPS) is 11.6. The minimum Gasteiger partial charge on any atom is -0.456 e. The molecule has 0 saturated heterocycles. The molecule has 2 aromatic heterocycles. The van der Waals surface area contributed by atoms with Gasteiger partial charge in [0.25, 0.3) is 0 Å². The van der Waals surface area contributed by atoms with Gasteiger partial charge >= 0.3 is 0 Å². The van der Waals surface area contributed by atoms with Crippen molar-refractivity contribution in [3.05, 3.63) is 126 Å². The van der Waals surface area contributed by atoms with Crippen LogP contribution in [0.4, 0.5) is 0 Å². The summed E-state index contributed by atoms with van der Waals surface area (Å²) in [5.74, 6) is 1.70. The third-order valence-electron chi connectivity index (χ3n) is 7.38. The van der Waals surface area contributed by atoms with Crippen LogP contribution >= 0.6 is 11.6 Å². The summed E-state index contributed by atoms with van der Waals surface area (Å²) < 4.78 is 6.06. The Labute approximate surface area is 234 Å². The van der Waals surface area contributed by atoms with Crippen LogP contribution < -0.4 is 0 Å². The van der Waals surface area contributed by atoms with Crippen LogP contribution in [0.3, 0.4) is 0 Å². The van der Waals surface area contributed by atoms with Gasteiger partial charge in [0.2, 0.25) is 0 Å². The molecule has 0 aliphatic rings. The summed E-state index contributed by atoms with van der Waals surface area (Å²) in [5.41, 5.74) is 4.12. The number of hydrogen-bond acceptors (Lipinski definition) is 4. The monoisotopic (exact) mass is 533 g/mol. The molecule has 188 valence electrons. The van der Waals surface area contributed by atoms with E-state index in [0.29, 0.717) is 22.5 Å². The Balaban J connectivity index is 1.41. The zero-order chi connectivity index (χ0) is 26.6. The third-order valence-corrected chi connectivity index (χ3v) is 7.69. The first kappa shape index (κ1) is 22.9. The van der Waals surface area contributed by atoms with Crippen molar-refractivity contribution in [3.63, 3.8) is 0 Å². The number of aromatic nitrogens is 3. The van der Waals surface area contributed by atoms with Crippen LogP contribution in [0.1, 0.15) is 0 Å². The number of rotatable bonds is 3. The summed E-state index contributed by atoms with van der Waals surface area (Å²) in [6.07, 6.45) is 0. The van der Waals surface area contributed by atoms with Gasteiger partial charge in [0.05, 0.1) is 5.02 Å². The Bertz CT molecular complexity index is 2250. The highest BCUT2D eigenvalue weighted by Gasteiger charge is 2.18. The van der Waals surface area contributed by atoms with Gasteiger partial charge in [-0.05, 0) is 39.7 Å². The van der Waals surface area contributed by atoms with Crippen molar-refractivity contribution in [2.45, 2.75) is 0 Å². The Morgan fingerprint density at radius 2 is 1.12 bits per heavy atom. The van der Waals surface area contributed by atoms with E-state index in [0.717, 1.165) is 60.2 Å². The number of nitrogens with zero attached hydrogens (tertiary/aromatic N) is 3. The highest BCUT2D eigenvalue weighted by Crippen LogP contribution is 2.37. The second-order valence-electron chi connectivity index (χ2n) is 9.82. The highest BCUT2D eigenvalue weighted by atomic mass is 35.5. The Morgan fingerprint density at radius 1 is 0.450 bits per heavy atom. The molecular formula is C35H20ClN3O. The SMILES string of the molecule is Clc1cc2oc3ccccc3c2cc1-c1nc(-c2ccc3ccccc3c2)nc(-c2cccc3ccccc23)n1. The molecule has 0 atom stereocenters. The van der Waals surface area contributed by atoms with Gasteiger partial charge < -0.3 is 4.42 Å². The lowest BCUT2D eigenvalue weighted by Crippen LogP contribution is -2.01. The molecule has 0 N–H and O–H groups in total. The van der Waals surface area contributed by atoms with Crippen molar-refractivity contribution in [1.29, 1.82) is 0 Å². The second-order valence-corrected chi connectivity index (χ2v) is 10.2. The molecule has 8 rings (SSSR count). The molecule has 0 fully saturated rings. The average Bonchev–Trinajstić information content (AvgIpc) is 3.37. The van der Waals surface area contributed by atoms with E-state index in [4.69, 9.17) is 31.0 Å². The fourth-order valence-electron chi connectivity index (χ4n) is 5.41. The van der Waals surface area contributed by atoms with Crippen LogP contribution in [0.15, 0.2) is 126 Å². The molecule has 5 heteroatoms. The first-order valence-corrected chi connectivity index (χ1v) is 13.4. The van der Waals surface area contributed by atoms with Crippen molar-refractivity contribution < 1.29 is 4.42 Å². The Kier molecular flexibility index (Phi) is 5.15. The molecule has 0 aliphatic carbocycles. The van der Waals surface area contributed by atoms with E-state index >= 15 is 0 Å². The topological polar surface area (TPSA) is 51.8 Å². The van der Waals surface area contributed by atoms with Crippen LogP contribution in [0.5, 0.6) is 0 Å². The molecule has 0 saturated carbocycles. The summed E-state index contributed by atoms with van der Waals surface area (Å²) in [6, 6.07) is 40.9. The quantitative estimate of drug-likeness (QED) is 0.227. The standard InChI is InChI=1S/C35H20ClN3O/c36-30-20-32-28(26-13-5-6-15-31(26)40-32)19-29(30)35-38-33(24-17-16-21-8-1-2-10-23(21)18-24)37-34(39-35)27-14-7-11-22-9-3-4-12-25(22)27/h1-20H. The fourth-order valence-corrected chi connectivity index (χ4v) is 5.65. The van der Waals surface area contributed by atoms with Gasteiger partial charge in [-0.2, -0.15) is 0 Å². The summed E-state index contributed by atoms with van der Waals surface area (Å²) in [6.45, 7) is 0. The smallest absolute Gasteiger partial charge is 0.165 e. The molecule has 6 aromatic carbocycles. The largest absolute Gasteiger partial charge is 0.456 e. The van der Waals surface area contributed by atoms with Crippen LogP contribution in [0.2, 0.25) is 5.02 Å². The maximum Gasteiger partial charge on any atom is 0.165 e. The van der Waals surface area contributed by atoms with Crippen molar-refractivity contribution >= 4 is 55.1 Å². The zero-order valence-corrected chi connectivity index (χ0v) is 21.9. The maximum atomic E-state index is 6.87. The molecular weight excluding hydrogens is 514 g/mol. The van der Waals surface area contributed by atoms with E-state index in [1.807, 2.05) is 66.7 Å². The van der Waals surface area contributed by atoms with E-state index in [9.17, 15) is 0 Å². The lowest BCUT2D eigenvalue weighted by atomic mass is 10.0. The third kappa shape index (κ3) is 3.73. The van der Waals surface area contributed by atoms with Crippen molar-refractivity contribution in [2.24, 2.45) is 0 Å². The highest BCUT2D eigenvalue weighted by molar-refractivity contribution is 6.34. The van der Waals surface area contributed by atoms with Crippen LogP contribution in [0, 0.1) is 0 Å². The van der Waals surface area contributed by atoms with Crippen LogP contribution in [-0.4, -0.2) is 15.0 Å². The molecule has 2 heterocycles. The second kappa shape index (κ2) is 9.01. The van der Waals surface area contributed by atoms with E-state index < -0.39 is 0 Å². The predicted octanol–water partition coefficient (Wildman–Crippen LogP) is 9.73. The number of furan rings is 1. The Hall–Kier alpha value is -5.06. The van der Waals surface area contributed by atoms with Gasteiger partial charge in [0.1, 0.15) is 11.2 Å². The number of para-hydroxylation sites is 1. The number of fused-ring (bicyclic) bond motifs is 5. The minimum atomic E-state index is 0.512. The van der Waals surface area contributed by atoms with Gasteiger partial charge in [0, 0.05) is 33.5 Å².